The van der Waals surface area contributed by atoms with Gasteiger partial charge in [0, 0.05) is 35.6 Å². The predicted molar refractivity (Wildman–Crippen MR) is 150 cm³/mol. The lowest BCUT2D eigenvalue weighted by molar-refractivity contribution is 0.263. The Labute approximate surface area is 232 Å². The second-order valence-corrected chi connectivity index (χ2v) is 11.1. The number of aromatic nitrogens is 2. The fraction of sp³-hybridized carbons (Fsp3) is 0.241. The van der Waals surface area contributed by atoms with E-state index in [-0.39, 0.29) is 5.69 Å². The molecule has 0 amide bonds. The lowest BCUT2D eigenvalue weighted by Crippen LogP contribution is -2.21. The molecule has 1 aromatic heterocycles. The number of rotatable bonds is 11. The van der Waals surface area contributed by atoms with E-state index in [9.17, 15) is 17.2 Å². The first kappa shape index (κ1) is 27.5. The number of benzene rings is 3. The summed E-state index contributed by atoms with van der Waals surface area (Å²) in [5.74, 6) is -0.658. The molecule has 3 aromatic carbocycles. The van der Waals surface area contributed by atoms with Gasteiger partial charge in [-0.3, -0.25) is 4.72 Å². The topological polar surface area (TPSA) is 96.5 Å². The molecule has 2 heterocycles. The molecule has 5 rings (SSSR count). The summed E-state index contributed by atoms with van der Waals surface area (Å²) in [5.41, 5.74) is 2.51. The minimum atomic E-state index is -4.23. The highest BCUT2D eigenvalue weighted by atomic mass is 32.2. The van der Waals surface area contributed by atoms with E-state index in [1.165, 1.54) is 44.4 Å². The predicted octanol–water partition coefficient (Wildman–Crippen LogP) is 5.83. The molecule has 0 aliphatic carbocycles. The van der Waals surface area contributed by atoms with Crippen molar-refractivity contribution in [3.05, 3.63) is 90.8 Å². The fourth-order valence-electron chi connectivity index (χ4n) is 4.46. The van der Waals surface area contributed by atoms with Crippen molar-refractivity contribution >= 4 is 27.2 Å². The lowest BCUT2D eigenvalue weighted by Gasteiger charge is -2.14. The second kappa shape index (κ2) is 12.4. The van der Waals surface area contributed by atoms with E-state index in [0.29, 0.717) is 24.2 Å². The SMILES string of the molecule is O=S(=O)(Nc1ccc(Nc2cc(-c3ccc(OCCCN4CCCC4)cc3)ncn2)cc1)c1ccc(F)cc1F. The van der Waals surface area contributed by atoms with Crippen LogP contribution in [-0.2, 0) is 10.0 Å². The van der Waals surface area contributed by atoms with Crippen molar-refractivity contribution in [3.8, 4) is 17.0 Å². The van der Waals surface area contributed by atoms with Crippen LogP contribution in [0.25, 0.3) is 11.3 Å². The number of hydrogen-bond acceptors (Lipinski definition) is 7. The van der Waals surface area contributed by atoms with Gasteiger partial charge < -0.3 is 15.0 Å². The van der Waals surface area contributed by atoms with Crippen molar-refractivity contribution in [3.63, 3.8) is 0 Å². The highest BCUT2D eigenvalue weighted by molar-refractivity contribution is 7.92. The summed E-state index contributed by atoms with van der Waals surface area (Å²) < 4.78 is 60.3. The molecule has 0 atom stereocenters. The Morgan fingerprint density at radius 2 is 1.60 bits per heavy atom. The van der Waals surface area contributed by atoms with Gasteiger partial charge in [-0.15, -0.1) is 0 Å². The molecule has 8 nitrogen and oxygen atoms in total. The number of likely N-dealkylation sites (tertiary alicyclic amines) is 1. The molecule has 0 radical (unpaired) electrons. The third-order valence-electron chi connectivity index (χ3n) is 6.50. The molecular formula is C29H29F2N5O3S. The van der Waals surface area contributed by atoms with Gasteiger partial charge in [0.25, 0.3) is 10.0 Å². The minimum absolute atomic E-state index is 0.219. The summed E-state index contributed by atoms with van der Waals surface area (Å²) in [4.78, 5) is 10.5. The van der Waals surface area contributed by atoms with Crippen LogP contribution in [0.2, 0.25) is 0 Å². The first-order chi connectivity index (χ1) is 19.4. The van der Waals surface area contributed by atoms with Crippen molar-refractivity contribution in [2.45, 2.75) is 24.2 Å². The average molecular weight is 566 g/mol. The molecule has 1 fully saturated rings. The van der Waals surface area contributed by atoms with Crippen molar-refractivity contribution in [2.24, 2.45) is 0 Å². The fourth-order valence-corrected chi connectivity index (χ4v) is 5.58. The van der Waals surface area contributed by atoms with E-state index in [4.69, 9.17) is 4.74 Å². The monoisotopic (exact) mass is 565 g/mol. The van der Waals surface area contributed by atoms with Gasteiger partial charge >= 0.3 is 0 Å². The van der Waals surface area contributed by atoms with E-state index >= 15 is 0 Å². The summed E-state index contributed by atoms with van der Waals surface area (Å²) in [6.07, 6.45) is 5.05. The van der Waals surface area contributed by atoms with E-state index in [2.05, 4.69) is 24.9 Å². The number of anilines is 3. The Bertz CT molecular complexity index is 1550. The van der Waals surface area contributed by atoms with Gasteiger partial charge in [-0.1, -0.05) is 0 Å². The van der Waals surface area contributed by atoms with Crippen LogP contribution >= 0.6 is 0 Å². The van der Waals surface area contributed by atoms with Crippen molar-refractivity contribution in [2.75, 3.05) is 36.3 Å². The van der Waals surface area contributed by atoms with Crippen molar-refractivity contribution in [1.29, 1.82) is 0 Å². The highest BCUT2D eigenvalue weighted by Gasteiger charge is 2.19. The lowest BCUT2D eigenvalue weighted by atomic mass is 10.1. The molecule has 0 unspecified atom stereocenters. The minimum Gasteiger partial charge on any atom is -0.494 e. The Hall–Kier alpha value is -4.09. The summed E-state index contributed by atoms with van der Waals surface area (Å²) >= 11 is 0. The van der Waals surface area contributed by atoms with E-state index in [0.717, 1.165) is 42.1 Å². The van der Waals surface area contributed by atoms with Crippen LogP contribution < -0.4 is 14.8 Å². The van der Waals surface area contributed by atoms with E-state index in [1.807, 2.05) is 24.3 Å². The molecule has 0 spiro atoms. The number of ether oxygens (including phenoxy) is 1. The molecule has 208 valence electrons. The quantitative estimate of drug-likeness (QED) is 0.221. The number of nitrogens with one attached hydrogen (secondary N) is 2. The van der Waals surface area contributed by atoms with Gasteiger partial charge in [-0.25, -0.2) is 27.2 Å². The summed E-state index contributed by atoms with van der Waals surface area (Å²) in [6, 6.07) is 18.2. The average Bonchev–Trinajstić information content (AvgIpc) is 3.46. The smallest absolute Gasteiger partial charge is 0.264 e. The molecule has 1 saturated heterocycles. The Morgan fingerprint density at radius 3 is 2.33 bits per heavy atom. The Balaban J connectivity index is 1.17. The third kappa shape index (κ3) is 7.10. The van der Waals surface area contributed by atoms with Crippen molar-refractivity contribution < 1.29 is 21.9 Å². The maximum Gasteiger partial charge on any atom is 0.264 e. The zero-order chi connectivity index (χ0) is 28.0. The van der Waals surface area contributed by atoms with Crippen LogP contribution in [0.5, 0.6) is 5.75 Å². The van der Waals surface area contributed by atoms with Gasteiger partial charge in [0.15, 0.2) is 0 Å². The summed E-state index contributed by atoms with van der Waals surface area (Å²) in [5, 5.41) is 3.16. The number of hydrogen-bond donors (Lipinski definition) is 2. The van der Waals surface area contributed by atoms with Crippen LogP contribution in [0.1, 0.15) is 19.3 Å². The summed E-state index contributed by atoms with van der Waals surface area (Å²) in [6.45, 7) is 4.14. The molecule has 11 heteroatoms. The van der Waals surface area contributed by atoms with Crippen LogP contribution in [0, 0.1) is 11.6 Å². The van der Waals surface area contributed by atoms with E-state index < -0.39 is 26.6 Å². The Morgan fingerprint density at radius 1 is 0.875 bits per heavy atom. The van der Waals surface area contributed by atoms with Crippen molar-refractivity contribution in [1.82, 2.24) is 14.9 Å². The zero-order valence-corrected chi connectivity index (χ0v) is 22.5. The van der Waals surface area contributed by atoms with Crippen LogP contribution in [-0.4, -0.2) is 49.5 Å². The molecule has 1 aliphatic rings. The second-order valence-electron chi connectivity index (χ2n) is 9.45. The van der Waals surface area contributed by atoms with Crippen LogP contribution in [0.3, 0.4) is 0 Å². The van der Waals surface area contributed by atoms with E-state index in [1.54, 1.807) is 18.2 Å². The molecule has 2 N–H and O–H groups in total. The van der Waals surface area contributed by atoms with Gasteiger partial charge in [0.2, 0.25) is 0 Å². The van der Waals surface area contributed by atoms with Gasteiger partial charge in [0.05, 0.1) is 12.3 Å². The van der Waals surface area contributed by atoms with Gasteiger partial charge in [0.1, 0.15) is 34.4 Å². The molecule has 0 bridgehead atoms. The van der Waals surface area contributed by atoms with Crippen LogP contribution in [0.4, 0.5) is 26.0 Å². The number of sulfonamides is 1. The van der Waals surface area contributed by atoms with Crippen LogP contribution in [0.15, 0.2) is 84.0 Å². The first-order valence-electron chi connectivity index (χ1n) is 13.0. The molecule has 0 saturated carbocycles. The molecule has 40 heavy (non-hydrogen) atoms. The molecule has 4 aromatic rings. The molecule has 1 aliphatic heterocycles. The maximum absolute atomic E-state index is 14.0. The first-order valence-corrected chi connectivity index (χ1v) is 14.5. The third-order valence-corrected chi connectivity index (χ3v) is 7.91. The van der Waals surface area contributed by atoms with Gasteiger partial charge in [-0.2, -0.15) is 0 Å². The standard InChI is InChI=1S/C29H29F2N5O3S/c30-22-6-13-28(26(31)18-22)40(37,38)35-24-9-7-23(8-10-24)34-29-19-27(32-20-33-29)21-4-11-25(12-5-21)39-17-3-16-36-14-1-2-15-36/h4-13,18-20,35H,1-3,14-17H2,(H,32,33,34). The van der Waals surface area contributed by atoms with Gasteiger partial charge in [-0.05, 0) is 93.0 Å². The molecular weight excluding hydrogens is 536 g/mol. The summed E-state index contributed by atoms with van der Waals surface area (Å²) in [7, 11) is -4.23. The zero-order valence-electron chi connectivity index (χ0n) is 21.7. The number of nitrogens with zero attached hydrogens (tertiary/aromatic N) is 3. The highest BCUT2D eigenvalue weighted by Crippen LogP contribution is 2.25. The largest absolute Gasteiger partial charge is 0.494 e. The maximum atomic E-state index is 14.0. The Kier molecular flexibility index (Phi) is 8.51. The normalized spacial score (nSPS) is 13.8. The number of halogens is 2.